The van der Waals surface area contributed by atoms with Crippen LogP contribution in [-0.2, 0) is 9.53 Å². The second kappa shape index (κ2) is 5.66. The largest absolute Gasteiger partial charge is 0.512 e. The fraction of sp³-hybridized carbons (Fsp3) is 0.167. The molecule has 104 valence electrons. The zero-order valence-electron chi connectivity index (χ0n) is 10.7. The third-order valence-corrected chi connectivity index (χ3v) is 3.22. The monoisotopic (exact) mass is 293 g/mol. The molecule has 0 aliphatic carbocycles. The summed E-state index contributed by atoms with van der Waals surface area (Å²) in [6.07, 6.45) is 3.98. The van der Waals surface area contributed by atoms with E-state index in [1.165, 1.54) is 36.0 Å². The second-order valence-electron chi connectivity index (χ2n) is 3.75. The quantitative estimate of drug-likeness (QED) is 0.400. The van der Waals surface area contributed by atoms with E-state index >= 15 is 0 Å². The summed E-state index contributed by atoms with van der Waals surface area (Å²) in [4.78, 5) is 31.9. The lowest BCUT2D eigenvalue weighted by atomic mass is 10.2. The van der Waals surface area contributed by atoms with Crippen LogP contribution >= 0.6 is 11.3 Å². The van der Waals surface area contributed by atoms with E-state index in [1.54, 1.807) is 11.6 Å². The molecule has 0 amide bonds. The number of carbonyl (C=O) groups excluding carboxylic acids is 1. The van der Waals surface area contributed by atoms with Gasteiger partial charge in [0.1, 0.15) is 17.0 Å². The van der Waals surface area contributed by atoms with Crippen molar-refractivity contribution in [1.82, 2.24) is 9.38 Å². The minimum atomic E-state index is -0.738. The normalized spacial score (nSPS) is 12.7. The van der Waals surface area contributed by atoms with Gasteiger partial charge in [0.15, 0.2) is 4.96 Å². The van der Waals surface area contributed by atoms with Gasteiger partial charge in [0.2, 0.25) is 0 Å². The number of aliphatic hydroxyl groups excluding tert-OH is 1. The first-order valence-electron chi connectivity index (χ1n) is 5.51. The van der Waals surface area contributed by atoms with Gasteiger partial charge in [0.25, 0.3) is 5.56 Å². The number of aromatic nitrogens is 2. The topological polar surface area (TPSA) is 93.3 Å². The van der Waals surface area contributed by atoms with Gasteiger partial charge in [-0.2, -0.15) is 0 Å². The van der Waals surface area contributed by atoms with E-state index in [1.807, 2.05) is 0 Å². The Morgan fingerprint density at radius 2 is 2.35 bits per heavy atom. The molecule has 7 nitrogen and oxygen atoms in total. The first kappa shape index (κ1) is 13.9. The first-order chi connectivity index (χ1) is 9.54. The van der Waals surface area contributed by atoms with E-state index in [0.717, 1.165) is 6.21 Å². The number of thiazole rings is 1. The molecule has 0 aliphatic rings. The molecule has 2 aromatic heterocycles. The number of aliphatic imine (C=N–C) groups is 1. The standard InChI is InChI=1S/C12H11N3O4S/c1-7(16)8(11(18)19-2)5-13-9-6-14-12-15(10(9)17)3-4-20-12/h3-6,16H,1-2H3/b8-7-,13-5?. The van der Waals surface area contributed by atoms with Gasteiger partial charge >= 0.3 is 5.97 Å². The minimum absolute atomic E-state index is 0.0588. The average molecular weight is 293 g/mol. The number of esters is 1. The van der Waals surface area contributed by atoms with E-state index in [4.69, 9.17) is 0 Å². The van der Waals surface area contributed by atoms with Gasteiger partial charge in [-0.25, -0.2) is 14.8 Å². The van der Waals surface area contributed by atoms with Crippen molar-refractivity contribution in [1.29, 1.82) is 0 Å². The maximum Gasteiger partial charge on any atom is 0.342 e. The number of hydrogen-bond donors (Lipinski definition) is 1. The summed E-state index contributed by atoms with van der Waals surface area (Å²) in [7, 11) is 1.19. The highest BCUT2D eigenvalue weighted by molar-refractivity contribution is 7.15. The lowest BCUT2D eigenvalue weighted by Gasteiger charge is -2.00. The van der Waals surface area contributed by atoms with Crippen molar-refractivity contribution < 1.29 is 14.6 Å². The van der Waals surface area contributed by atoms with Gasteiger partial charge in [0.05, 0.1) is 13.3 Å². The van der Waals surface area contributed by atoms with Crippen molar-refractivity contribution in [3.8, 4) is 0 Å². The number of carbonyl (C=O) groups is 1. The van der Waals surface area contributed by atoms with Crippen molar-refractivity contribution in [3.05, 3.63) is 39.5 Å². The molecule has 0 bridgehead atoms. The highest BCUT2D eigenvalue weighted by Gasteiger charge is 2.11. The zero-order chi connectivity index (χ0) is 14.7. The summed E-state index contributed by atoms with van der Waals surface area (Å²) in [6.45, 7) is 1.32. The fourth-order valence-corrected chi connectivity index (χ4v) is 2.12. The van der Waals surface area contributed by atoms with Gasteiger partial charge in [-0.15, -0.1) is 11.3 Å². The number of methoxy groups -OCH3 is 1. The van der Waals surface area contributed by atoms with Crippen molar-refractivity contribution in [2.75, 3.05) is 7.11 Å². The van der Waals surface area contributed by atoms with Crippen LogP contribution in [0, 0.1) is 0 Å². The molecule has 0 atom stereocenters. The van der Waals surface area contributed by atoms with Crippen molar-refractivity contribution in [2.45, 2.75) is 6.92 Å². The summed E-state index contributed by atoms with van der Waals surface area (Å²) in [5.74, 6) is -0.983. The molecule has 2 heterocycles. The summed E-state index contributed by atoms with van der Waals surface area (Å²) in [6, 6.07) is 0. The molecule has 0 fully saturated rings. The highest BCUT2D eigenvalue weighted by atomic mass is 32.1. The highest BCUT2D eigenvalue weighted by Crippen LogP contribution is 2.10. The van der Waals surface area contributed by atoms with Gasteiger partial charge in [-0.3, -0.25) is 9.20 Å². The van der Waals surface area contributed by atoms with Crippen LogP contribution in [-0.4, -0.2) is 33.8 Å². The maximum atomic E-state index is 12.0. The number of hydrogen-bond acceptors (Lipinski definition) is 7. The Hall–Kier alpha value is -2.48. The van der Waals surface area contributed by atoms with Crippen LogP contribution in [0.3, 0.4) is 0 Å². The number of rotatable bonds is 3. The number of ether oxygens (including phenoxy) is 1. The third kappa shape index (κ3) is 2.59. The van der Waals surface area contributed by atoms with Crippen LogP contribution in [0.25, 0.3) is 4.96 Å². The number of fused-ring (bicyclic) bond motifs is 1. The van der Waals surface area contributed by atoms with Crippen LogP contribution in [0.1, 0.15) is 6.92 Å². The molecule has 2 aromatic rings. The van der Waals surface area contributed by atoms with Crippen LogP contribution in [0.2, 0.25) is 0 Å². The molecule has 0 radical (unpaired) electrons. The van der Waals surface area contributed by atoms with E-state index in [2.05, 4.69) is 14.7 Å². The summed E-state index contributed by atoms with van der Waals surface area (Å²) in [5, 5.41) is 11.1. The third-order valence-electron chi connectivity index (χ3n) is 2.45. The molecular formula is C12H11N3O4S. The van der Waals surface area contributed by atoms with E-state index in [-0.39, 0.29) is 22.6 Å². The predicted molar refractivity (Wildman–Crippen MR) is 74.8 cm³/mol. The predicted octanol–water partition coefficient (Wildman–Crippen LogP) is 1.46. The summed E-state index contributed by atoms with van der Waals surface area (Å²) < 4.78 is 5.86. The molecule has 8 heteroatoms. The summed E-state index contributed by atoms with van der Waals surface area (Å²) >= 11 is 1.32. The van der Waals surface area contributed by atoms with Crippen LogP contribution in [0.15, 0.2) is 38.9 Å². The molecule has 20 heavy (non-hydrogen) atoms. The molecule has 0 aromatic carbocycles. The van der Waals surface area contributed by atoms with Crippen molar-refractivity contribution >= 4 is 34.2 Å². The van der Waals surface area contributed by atoms with Crippen LogP contribution in [0.5, 0.6) is 0 Å². The van der Waals surface area contributed by atoms with Crippen LogP contribution < -0.4 is 5.56 Å². The Labute approximate surface area is 117 Å². The van der Waals surface area contributed by atoms with Gasteiger partial charge in [-0.05, 0) is 6.92 Å². The van der Waals surface area contributed by atoms with Gasteiger partial charge in [0, 0.05) is 17.8 Å². The molecule has 1 N–H and O–H groups in total. The Morgan fingerprint density at radius 1 is 1.60 bits per heavy atom. The fourth-order valence-electron chi connectivity index (χ4n) is 1.44. The summed E-state index contributed by atoms with van der Waals surface area (Å²) in [5.41, 5.74) is -0.418. The minimum Gasteiger partial charge on any atom is -0.512 e. The number of allylic oxidation sites excluding steroid dienone is 1. The molecule has 0 unspecified atom stereocenters. The molecule has 2 rings (SSSR count). The van der Waals surface area contributed by atoms with Crippen molar-refractivity contribution in [3.63, 3.8) is 0 Å². The number of aliphatic hydroxyl groups is 1. The second-order valence-corrected chi connectivity index (χ2v) is 4.63. The van der Waals surface area contributed by atoms with Crippen molar-refractivity contribution in [2.24, 2.45) is 4.99 Å². The zero-order valence-corrected chi connectivity index (χ0v) is 11.5. The number of nitrogens with zero attached hydrogens (tertiary/aromatic N) is 3. The van der Waals surface area contributed by atoms with Gasteiger partial charge < -0.3 is 9.84 Å². The maximum absolute atomic E-state index is 12.0. The SMILES string of the molecule is COC(=O)/C(C=Nc1cnc2sccn2c1=O)=C(/C)O. The molecule has 0 spiro atoms. The lowest BCUT2D eigenvalue weighted by Crippen LogP contribution is -2.12. The Morgan fingerprint density at radius 3 is 3.00 bits per heavy atom. The van der Waals surface area contributed by atoms with E-state index in [0.29, 0.717) is 4.96 Å². The molecule has 0 aliphatic heterocycles. The molecule has 0 saturated heterocycles. The first-order valence-corrected chi connectivity index (χ1v) is 6.39. The van der Waals surface area contributed by atoms with Crippen LogP contribution in [0.4, 0.5) is 5.69 Å². The average Bonchev–Trinajstić information content (AvgIpc) is 2.89. The molecule has 0 saturated carbocycles. The Balaban J connectivity index is 2.43. The van der Waals surface area contributed by atoms with Gasteiger partial charge in [-0.1, -0.05) is 0 Å². The lowest BCUT2D eigenvalue weighted by molar-refractivity contribution is -0.135. The van der Waals surface area contributed by atoms with E-state index < -0.39 is 5.97 Å². The Bertz CT molecular complexity index is 768. The smallest absolute Gasteiger partial charge is 0.342 e. The molecular weight excluding hydrogens is 282 g/mol. The Kier molecular flexibility index (Phi) is 3.94. The van der Waals surface area contributed by atoms with E-state index in [9.17, 15) is 14.7 Å².